The number of carboxylic acids is 3. The van der Waals surface area contributed by atoms with E-state index in [1.54, 1.807) is 0 Å². The number of nitrogens with one attached hydrogen (secondary N) is 10. The van der Waals surface area contributed by atoms with Gasteiger partial charge in [-0.3, -0.25) is 76.7 Å². The Bertz CT molecular complexity index is 2760. The van der Waals surface area contributed by atoms with E-state index in [0.29, 0.717) is 25.7 Å². The van der Waals surface area contributed by atoms with E-state index in [1.165, 1.54) is 0 Å². The van der Waals surface area contributed by atoms with Crippen LogP contribution in [-0.4, -0.2) is 234 Å². The molecule has 38 nitrogen and oxygen atoms in total. The second kappa shape index (κ2) is 29.3. The van der Waals surface area contributed by atoms with Gasteiger partial charge in [0.2, 0.25) is 0 Å². The Morgan fingerprint density at radius 1 is 0.467 bits per heavy atom. The van der Waals surface area contributed by atoms with Crippen molar-refractivity contribution in [2.45, 2.75) is 228 Å². The number of aliphatic hydroxyl groups excluding tert-OH is 3. The van der Waals surface area contributed by atoms with E-state index in [1.807, 2.05) is 0 Å². The molecule has 9 fully saturated rings. The molecule has 42 heteroatoms. The maximum Gasteiger partial charge on any atom is 0.306 e. The summed E-state index contributed by atoms with van der Waals surface area (Å²) in [6.45, 7) is -0.674. The number of nitrogens with two attached hydrogens (primary N) is 2. The minimum absolute atomic E-state index is 0.0216. The number of hydrogen-bond acceptors (Lipinski definition) is 33. The van der Waals surface area contributed by atoms with Gasteiger partial charge in [0.25, 0.3) is 20.2 Å². The van der Waals surface area contributed by atoms with Gasteiger partial charge in [-0.1, -0.05) is 0 Å². The van der Waals surface area contributed by atoms with Gasteiger partial charge in [0.1, 0.15) is 56.6 Å². The van der Waals surface area contributed by atoms with Crippen LogP contribution in [0.5, 0.6) is 0 Å². The van der Waals surface area contributed by atoms with Crippen molar-refractivity contribution >= 4 is 59.9 Å². The lowest BCUT2D eigenvalue weighted by atomic mass is 9.65. The number of nitrogens with zero attached hydrogens (tertiary/aromatic N) is 4. The van der Waals surface area contributed by atoms with Gasteiger partial charge in [-0.15, -0.1) is 0 Å². The molecule has 0 aromatic rings. The molecule has 7 saturated carbocycles. The fourth-order valence-corrected chi connectivity index (χ4v) is 19.8. The van der Waals surface area contributed by atoms with Crippen LogP contribution in [0.3, 0.4) is 0 Å². The third-order valence-electron chi connectivity index (χ3n) is 19.9. The number of aliphatic hydroxyl groups is 3. The predicted molar refractivity (Wildman–Crippen MR) is 317 cm³/mol. The normalized spacial score (nSPS) is 44.7. The Morgan fingerprint density at radius 3 is 1.17 bits per heavy atom. The average molecular weight is 1370 g/mol. The summed E-state index contributed by atoms with van der Waals surface area (Å²) in [5.74, 6) is -10.1. The molecule has 28 N–H and O–H groups in total. The first-order valence-corrected chi connectivity index (χ1v) is 36.4. The lowest BCUT2D eigenvalue weighted by Crippen LogP contribution is -2.79. The molecule has 518 valence electrons. The molecular weight excluding hydrogens is 1280 g/mol. The Labute approximate surface area is 522 Å². The zero-order valence-corrected chi connectivity index (χ0v) is 52.1. The monoisotopic (exact) mass is 1370 g/mol. The summed E-state index contributed by atoms with van der Waals surface area (Å²) in [5.41, 5.74) is 12.9. The van der Waals surface area contributed by atoms with Crippen LogP contribution in [0.1, 0.15) is 103 Å². The van der Waals surface area contributed by atoms with Gasteiger partial charge in [-0.05, 0) is 115 Å². The smallest absolute Gasteiger partial charge is 0.306 e. The summed E-state index contributed by atoms with van der Waals surface area (Å²) in [6.07, 6.45) is -7.79. The molecule has 2 saturated heterocycles. The van der Waals surface area contributed by atoms with Crippen molar-refractivity contribution in [3.63, 3.8) is 0 Å². The minimum atomic E-state index is -4.71. The van der Waals surface area contributed by atoms with Crippen molar-refractivity contribution in [2.75, 3.05) is 6.79 Å². The van der Waals surface area contributed by atoms with Crippen LogP contribution in [0.2, 0.25) is 0 Å². The third kappa shape index (κ3) is 17.8. The second-order valence-corrected chi connectivity index (χ2v) is 32.7. The number of azo groups is 2. The predicted octanol–water partition coefficient (Wildman–Crippen LogP) is -2.96. The van der Waals surface area contributed by atoms with Crippen molar-refractivity contribution in [3.05, 3.63) is 0 Å². The standard InChI is InChI=1S/C48H90N16O22S4/c49-43-55-45(59-47(57-43)53-30-15-28(87(74,75)76)10-18-12-32(89(80,81)82)36(38(66)34(18)30)63-61-25-6-20(40(68)69)5-21(7-25)41(70)71)51-23-1-3-24(4-2-23)52-46-56-44(50)58-48(60-46)54-31-16-29(88(77,78)79)11-19-13-33(90(83,84)85)37(39(67)35(19)31)64-62-26-8-22(42(72)73)9-27(14-26)86-17-65/h18-39,43-48,51-60,65-67,80-85H,1-17,49-50H2,(H,68,69)(H,70,71)(H,72,73)(H,74,75,76)(H,77,78,79). The molecule has 2 aliphatic heterocycles. The van der Waals surface area contributed by atoms with Gasteiger partial charge in [-0.25, -0.2) is 0 Å². The van der Waals surface area contributed by atoms with E-state index < -0.39 is 221 Å². The number of ether oxygens (including phenoxy) is 1. The van der Waals surface area contributed by atoms with E-state index in [-0.39, 0.29) is 89.1 Å². The summed E-state index contributed by atoms with van der Waals surface area (Å²) < 4.78 is 141. The molecule has 0 bridgehead atoms. The van der Waals surface area contributed by atoms with Crippen molar-refractivity contribution in [1.29, 1.82) is 0 Å². The molecule has 7 aliphatic carbocycles. The number of carboxylic acid groups (broad SMARTS) is 3. The number of carbonyl (C=O) groups is 3. The van der Waals surface area contributed by atoms with Crippen LogP contribution in [-0.2, 0) is 39.4 Å². The molecule has 9 aliphatic rings. The maximum atomic E-state index is 12.8. The van der Waals surface area contributed by atoms with Crippen molar-refractivity contribution in [3.8, 4) is 0 Å². The van der Waals surface area contributed by atoms with Crippen molar-refractivity contribution in [1.82, 2.24) is 53.2 Å². The quantitative estimate of drug-likeness (QED) is 0.0310. The third-order valence-corrected chi connectivity index (χ3v) is 24.9. The highest BCUT2D eigenvalue weighted by molar-refractivity contribution is 8.20. The highest BCUT2D eigenvalue weighted by Gasteiger charge is 2.58. The molecule has 0 aromatic heterocycles. The topological polar surface area (TPSA) is 634 Å². The summed E-state index contributed by atoms with van der Waals surface area (Å²) in [6, 6.07) is -6.81. The summed E-state index contributed by atoms with van der Waals surface area (Å²) in [7, 11) is -18.4. The SMILES string of the molecule is NC1NC(NC2CCC(NC3NC(N)NC(NC4CC(S(=O)(=O)O)CC5CC(S(O)(O)O)C(N=NC6CC(C(=O)O)CC(C(=O)O)C6)C(O)C54)N3)CC2)NC(NC2CC(S(=O)(=O)O)CC3CC(S(O)(O)O)C(N=NC4CC(OCO)CC(C(=O)O)C4)C(O)C32)N1. The molecule has 0 radical (unpaired) electrons. The summed E-state index contributed by atoms with van der Waals surface area (Å²) >= 11 is 0. The van der Waals surface area contributed by atoms with Crippen LogP contribution in [0, 0.1) is 41.4 Å². The Kier molecular flexibility index (Phi) is 23.3. The lowest BCUT2D eigenvalue weighted by Gasteiger charge is -2.53. The van der Waals surface area contributed by atoms with E-state index in [9.17, 15) is 98.3 Å². The summed E-state index contributed by atoms with van der Waals surface area (Å²) in [5, 5.41) is 107. The zero-order valence-electron chi connectivity index (χ0n) is 48.8. The van der Waals surface area contributed by atoms with Gasteiger partial charge < -0.3 is 74.2 Å². The molecule has 25 unspecified atom stereocenters. The van der Waals surface area contributed by atoms with Gasteiger partial charge in [0.05, 0.1) is 90.9 Å². The molecule has 0 aromatic carbocycles. The first-order chi connectivity index (χ1) is 42.1. The Morgan fingerprint density at radius 2 is 0.822 bits per heavy atom. The highest BCUT2D eigenvalue weighted by atomic mass is 32.3. The van der Waals surface area contributed by atoms with Crippen LogP contribution >= 0.6 is 21.7 Å². The molecule has 0 amide bonds. The molecule has 9 rings (SSSR count). The first-order valence-electron chi connectivity index (χ1n) is 30.2. The molecule has 90 heavy (non-hydrogen) atoms. The first kappa shape index (κ1) is 71.5. The summed E-state index contributed by atoms with van der Waals surface area (Å²) in [4.78, 5) is 35.8. The lowest BCUT2D eigenvalue weighted by molar-refractivity contribution is -0.149. The van der Waals surface area contributed by atoms with Gasteiger partial charge in [-0.2, -0.15) is 37.3 Å². The maximum absolute atomic E-state index is 12.8. The number of fused-ring (bicyclic) bond motifs is 2. The second-order valence-electron chi connectivity index (χ2n) is 25.8. The van der Waals surface area contributed by atoms with Crippen LogP contribution in [0.15, 0.2) is 20.5 Å². The molecule has 0 spiro atoms. The largest absolute Gasteiger partial charge is 0.481 e. The van der Waals surface area contributed by atoms with Crippen LogP contribution in [0.25, 0.3) is 0 Å². The molecular formula is C48H90N16O22S4. The Balaban J connectivity index is 0.819. The number of aliphatic carboxylic acids is 3. The number of rotatable bonds is 21. The highest BCUT2D eigenvalue weighted by Crippen LogP contribution is 2.56. The number of hydrogen-bond donors (Lipinski definition) is 26. The van der Waals surface area contributed by atoms with Crippen LogP contribution in [0.4, 0.5) is 0 Å². The van der Waals surface area contributed by atoms with Gasteiger partial charge >= 0.3 is 17.9 Å². The van der Waals surface area contributed by atoms with E-state index in [0.717, 1.165) is 0 Å². The fraction of sp³-hybridized carbons (Fsp3) is 0.938. The minimum Gasteiger partial charge on any atom is -0.481 e. The van der Waals surface area contributed by atoms with Crippen molar-refractivity contribution in [2.24, 2.45) is 73.3 Å². The van der Waals surface area contributed by atoms with E-state index in [2.05, 4.69) is 73.6 Å². The Hall–Kier alpha value is -2.75. The van der Waals surface area contributed by atoms with E-state index in [4.69, 9.17) is 16.2 Å². The molecule has 2 heterocycles. The van der Waals surface area contributed by atoms with E-state index >= 15 is 0 Å². The molecule has 25 atom stereocenters. The zero-order chi connectivity index (χ0) is 65.5. The average Bonchev–Trinajstić information content (AvgIpc) is 0.767. The van der Waals surface area contributed by atoms with Gasteiger partial charge in [0, 0.05) is 36.0 Å². The van der Waals surface area contributed by atoms with Crippen molar-refractivity contribution < 1.29 is 103 Å². The van der Waals surface area contributed by atoms with Gasteiger partial charge in [0.15, 0.2) is 0 Å². The van der Waals surface area contributed by atoms with Crippen LogP contribution < -0.4 is 64.6 Å². The fourth-order valence-electron chi connectivity index (χ4n) is 15.7.